The number of pyridine rings is 2. The molecular formula is C33H37F2N5O3S. The molecule has 44 heavy (non-hydrogen) atoms. The molecule has 0 unspecified atom stereocenters. The van der Waals surface area contributed by atoms with E-state index in [0.717, 1.165) is 5.56 Å². The first-order valence-electron chi connectivity index (χ1n) is 14.8. The summed E-state index contributed by atoms with van der Waals surface area (Å²) >= 11 is 1.26. The van der Waals surface area contributed by atoms with Gasteiger partial charge in [0.2, 0.25) is 0 Å². The fourth-order valence-electron chi connectivity index (χ4n) is 5.51. The number of benzene rings is 1. The van der Waals surface area contributed by atoms with Gasteiger partial charge in [-0.2, -0.15) is 0 Å². The lowest BCUT2D eigenvalue weighted by atomic mass is 9.98. The van der Waals surface area contributed by atoms with Gasteiger partial charge in [0, 0.05) is 54.6 Å². The molecule has 1 atom stereocenters. The first-order valence-corrected chi connectivity index (χ1v) is 15.7. The molecule has 11 heteroatoms. The van der Waals surface area contributed by atoms with E-state index in [4.69, 9.17) is 9.72 Å². The molecule has 3 aromatic heterocycles. The Kier molecular flexibility index (Phi) is 9.55. The molecule has 1 aliphatic rings. The van der Waals surface area contributed by atoms with Crippen molar-refractivity contribution in [2.45, 2.75) is 53.0 Å². The van der Waals surface area contributed by atoms with Gasteiger partial charge in [0.1, 0.15) is 16.5 Å². The number of carbonyl (C=O) groups is 1. The van der Waals surface area contributed by atoms with E-state index in [1.54, 1.807) is 29.2 Å². The maximum Gasteiger partial charge on any atom is 0.280 e. The highest BCUT2D eigenvalue weighted by molar-refractivity contribution is 7.13. The number of aromatic nitrogens is 3. The van der Waals surface area contributed by atoms with Crippen LogP contribution in [0.5, 0.6) is 5.75 Å². The molecule has 1 N–H and O–H groups in total. The van der Waals surface area contributed by atoms with E-state index in [2.05, 4.69) is 24.1 Å². The normalized spacial score (nSPS) is 15.3. The van der Waals surface area contributed by atoms with Gasteiger partial charge in [-0.3, -0.25) is 19.1 Å². The zero-order valence-electron chi connectivity index (χ0n) is 25.6. The van der Waals surface area contributed by atoms with Gasteiger partial charge in [0.25, 0.3) is 17.9 Å². The van der Waals surface area contributed by atoms with E-state index in [9.17, 15) is 18.4 Å². The van der Waals surface area contributed by atoms with Gasteiger partial charge >= 0.3 is 0 Å². The van der Waals surface area contributed by atoms with Crippen LogP contribution in [0.2, 0.25) is 0 Å². The molecule has 8 nitrogen and oxygen atoms in total. The number of halogens is 2. The lowest BCUT2D eigenvalue weighted by Crippen LogP contribution is -2.51. The minimum Gasteiger partial charge on any atom is -0.497 e. The number of carbonyl (C=O) groups excluding carboxylic acids is 1. The van der Waals surface area contributed by atoms with Crippen molar-refractivity contribution in [1.82, 2.24) is 24.8 Å². The molecule has 0 spiro atoms. The molecule has 0 aliphatic carbocycles. The Morgan fingerprint density at radius 2 is 2.00 bits per heavy atom. The SMILES string of the molecule is CCc1ccc(OC)cc1-n1c(CC(C)C)c(C(=O)N2CCN[C@H](C)C2)cc(-c2nc(-c3ccc(C(F)F)nc3)cs2)c1=O. The Bertz CT molecular complexity index is 1700. The third-order valence-electron chi connectivity index (χ3n) is 7.75. The molecular weight excluding hydrogens is 584 g/mol. The van der Waals surface area contributed by atoms with Crippen LogP contribution in [0.1, 0.15) is 61.4 Å². The molecule has 0 bridgehead atoms. The summed E-state index contributed by atoms with van der Waals surface area (Å²) in [6.45, 7) is 10.00. The molecule has 4 aromatic rings. The number of methoxy groups -OCH3 is 1. The highest BCUT2D eigenvalue weighted by atomic mass is 32.1. The number of alkyl halides is 2. The number of ether oxygens (including phenoxy) is 1. The second-order valence-electron chi connectivity index (χ2n) is 11.4. The molecule has 1 fully saturated rings. The summed E-state index contributed by atoms with van der Waals surface area (Å²) in [5.74, 6) is 0.629. The standard InChI is InChI=1S/C33H37F2N5O3S/c1-6-21-7-9-23(43-5)14-28(21)40-29(13-19(2)3)24(32(41)39-12-11-36-20(4)17-39)15-25(33(40)42)31-38-27(18-44-31)22-8-10-26(30(34)35)37-16-22/h7-10,14-16,18-20,30,36H,6,11-13,17H2,1-5H3/t20-/m1/s1. The quantitative estimate of drug-likeness (QED) is 0.241. The number of rotatable bonds is 9. The summed E-state index contributed by atoms with van der Waals surface area (Å²) in [5, 5.41) is 5.58. The Morgan fingerprint density at radius 1 is 1.20 bits per heavy atom. The van der Waals surface area contributed by atoms with Crippen molar-refractivity contribution in [3.63, 3.8) is 0 Å². The lowest BCUT2D eigenvalue weighted by molar-refractivity contribution is 0.0707. The maximum atomic E-state index is 14.6. The monoisotopic (exact) mass is 621 g/mol. The molecule has 0 radical (unpaired) electrons. The van der Waals surface area contributed by atoms with E-state index in [0.29, 0.717) is 77.0 Å². The zero-order chi connectivity index (χ0) is 31.5. The van der Waals surface area contributed by atoms with Crippen LogP contribution in [0.15, 0.2) is 52.8 Å². The van der Waals surface area contributed by atoms with Gasteiger partial charge in [0.05, 0.1) is 29.6 Å². The summed E-state index contributed by atoms with van der Waals surface area (Å²) in [6.07, 6.45) is -0.144. The van der Waals surface area contributed by atoms with Crippen LogP contribution in [0.25, 0.3) is 27.5 Å². The van der Waals surface area contributed by atoms with Crippen LogP contribution in [-0.2, 0) is 12.8 Å². The fourth-order valence-corrected chi connectivity index (χ4v) is 6.35. The van der Waals surface area contributed by atoms with Gasteiger partial charge in [-0.15, -0.1) is 11.3 Å². The minimum absolute atomic E-state index is 0.131. The van der Waals surface area contributed by atoms with E-state index in [1.807, 2.05) is 36.9 Å². The molecule has 1 amide bonds. The number of thiazole rings is 1. The Morgan fingerprint density at radius 3 is 2.64 bits per heavy atom. The highest BCUT2D eigenvalue weighted by Gasteiger charge is 2.29. The summed E-state index contributed by atoms with van der Waals surface area (Å²) < 4.78 is 33.4. The molecule has 4 heterocycles. The van der Waals surface area contributed by atoms with Crippen molar-refractivity contribution in [1.29, 1.82) is 0 Å². The number of nitrogens with one attached hydrogen (secondary N) is 1. The number of hydrogen-bond donors (Lipinski definition) is 1. The first-order chi connectivity index (χ1) is 21.1. The van der Waals surface area contributed by atoms with Crippen LogP contribution >= 0.6 is 11.3 Å². The van der Waals surface area contributed by atoms with E-state index < -0.39 is 6.43 Å². The smallest absolute Gasteiger partial charge is 0.280 e. The molecule has 232 valence electrons. The van der Waals surface area contributed by atoms with Gasteiger partial charge in [-0.25, -0.2) is 13.8 Å². The second-order valence-corrected chi connectivity index (χ2v) is 12.3. The molecule has 1 aromatic carbocycles. The van der Waals surface area contributed by atoms with Crippen LogP contribution in [0.4, 0.5) is 8.78 Å². The van der Waals surface area contributed by atoms with Crippen molar-refractivity contribution in [3.8, 4) is 33.3 Å². The topological polar surface area (TPSA) is 89.3 Å². The van der Waals surface area contributed by atoms with Gasteiger partial charge in [-0.05, 0) is 55.5 Å². The number of hydrogen-bond acceptors (Lipinski definition) is 7. The van der Waals surface area contributed by atoms with Crippen LogP contribution in [0, 0.1) is 5.92 Å². The largest absolute Gasteiger partial charge is 0.497 e. The minimum atomic E-state index is -2.67. The zero-order valence-corrected chi connectivity index (χ0v) is 26.4. The van der Waals surface area contributed by atoms with Crippen LogP contribution in [0.3, 0.4) is 0 Å². The van der Waals surface area contributed by atoms with Crippen molar-refractivity contribution < 1.29 is 18.3 Å². The number of aryl methyl sites for hydroxylation is 1. The van der Waals surface area contributed by atoms with Gasteiger partial charge < -0.3 is 15.0 Å². The number of piperazine rings is 1. The third-order valence-corrected chi connectivity index (χ3v) is 8.62. The van der Waals surface area contributed by atoms with Gasteiger partial charge in [0.15, 0.2) is 0 Å². The predicted molar refractivity (Wildman–Crippen MR) is 169 cm³/mol. The van der Waals surface area contributed by atoms with Gasteiger partial charge in [-0.1, -0.05) is 26.8 Å². The number of amides is 1. The van der Waals surface area contributed by atoms with E-state index in [1.165, 1.54) is 23.6 Å². The summed E-state index contributed by atoms with van der Waals surface area (Å²) in [7, 11) is 1.58. The van der Waals surface area contributed by atoms with Crippen molar-refractivity contribution >= 4 is 17.2 Å². The Balaban J connectivity index is 1.75. The third kappa shape index (κ3) is 6.44. The Labute approximate surface area is 259 Å². The average molecular weight is 622 g/mol. The van der Waals surface area contributed by atoms with Crippen LogP contribution in [-0.4, -0.2) is 58.1 Å². The summed E-state index contributed by atoms with van der Waals surface area (Å²) in [4.78, 5) is 39.3. The molecule has 0 saturated carbocycles. The Hall–Kier alpha value is -3.96. The van der Waals surface area contributed by atoms with Crippen molar-refractivity contribution in [3.05, 3.63) is 80.8 Å². The molecule has 1 aliphatic heterocycles. The summed E-state index contributed by atoms with van der Waals surface area (Å²) in [5.41, 5.74) is 3.47. The van der Waals surface area contributed by atoms with Crippen LogP contribution < -0.4 is 15.6 Å². The fraction of sp³-hybridized carbons (Fsp3) is 0.394. The molecule has 1 saturated heterocycles. The summed E-state index contributed by atoms with van der Waals surface area (Å²) in [6, 6.07) is 10.3. The van der Waals surface area contributed by atoms with E-state index >= 15 is 0 Å². The predicted octanol–water partition coefficient (Wildman–Crippen LogP) is 6.16. The highest BCUT2D eigenvalue weighted by Crippen LogP contribution is 2.32. The molecule has 5 rings (SSSR count). The van der Waals surface area contributed by atoms with Crippen molar-refractivity contribution in [2.24, 2.45) is 5.92 Å². The second kappa shape index (κ2) is 13.4. The average Bonchev–Trinajstić information content (AvgIpc) is 3.50. The van der Waals surface area contributed by atoms with E-state index in [-0.39, 0.29) is 29.1 Å². The lowest BCUT2D eigenvalue weighted by Gasteiger charge is -2.33. The maximum absolute atomic E-state index is 14.6. The van der Waals surface area contributed by atoms with Crippen molar-refractivity contribution in [2.75, 3.05) is 26.7 Å². The number of nitrogens with zero attached hydrogens (tertiary/aromatic N) is 4. The first kappa shape index (κ1) is 31.5.